The van der Waals surface area contributed by atoms with Gasteiger partial charge in [-0.05, 0) is 97.8 Å². The van der Waals surface area contributed by atoms with Crippen LogP contribution in [0.5, 0.6) is 0 Å². The van der Waals surface area contributed by atoms with Gasteiger partial charge in [0, 0.05) is 28.8 Å². The highest BCUT2D eigenvalue weighted by Gasteiger charge is 2.35. The highest BCUT2D eigenvalue weighted by molar-refractivity contribution is 6.30. The van der Waals surface area contributed by atoms with Gasteiger partial charge in [-0.3, -0.25) is 14.4 Å². The summed E-state index contributed by atoms with van der Waals surface area (Å²) in [5, 5.41) is 10.1. The standard InChI is InChI=1S/C39H47ClO5/c1-24-29(25-14-16-28(40)17-15-25)22-31(37(2,3)4)35-30(24)23-34(45-35)33(42)21-27-13-9-11-26(12-10-19-38(27,5)6)32(41)18-20-39(7,8)36(43)44/h10,12,14-17,21-23,26,29H,1,9,11,13,18-20H2,2-8H3,(H,43,44)/b12-10+,27-21-. The summed E-state index contributed by atoms with van der Waals surface area (Å²) in [6.07, 6.45) is 11.3. The molecule has 0 amide bonds. The predicted molar refractivity (Wildman–Crippen MR) is 182 cm³/mol. The van der Waals surface area contributed by atoms with Gasteiger partial charge in [0.1, 0.15) is 11.5 Å². The molecule has 0 bridgehead atoms. The summed E-state index contributed by atoms with van der Waals surface area (Å²) >= 11 is 6.16. The lowest BCUT2D eigenvalue weighted by atomic mass is 9.74. The van der Waals surface area contributed by atoms with Gasteiger partial charge in [0.05, 0.1) is 5.41 Å². The molecule has 0 saturated carbocycles. The smallest absolute Gasteiger partial charge is 0.309 e. The summed E-state index contributed by atoms with van der Waals surface area (Å²) in [6, 6.07) is 9.63. The van der Waals surface area contributed by atoms with E-state index < -0.39 is 11.4 Å². The Balaban J connectivity index is 1.57. The second kappa shape index (κ2) is 13.1. The third-order valence-electron chi connectivity index (χ3n) is 9.43. The molecular formula is C39H47ClO5. The zero-order valence-corrected chi connectivity index (χ0v) is 28.5. The van der Waals surface area contributed by atoms with Crippen LogP contribution in [0.15, 0.2) is 71.2 Å². The number of hydrogen-bond donors (Lipinski definition) is 1. The first kappa shape index (κ1) is 34.4. The molecule has 240 valence electrons. The fourth-order valence-corrected chi connectivity index (χ4v) is 6.24. The number of benzene rings is 1. The average molecular weight is 631 g/mol. The third kappa shape index (κ3) is 7.87. The number of allylic oxidation sites excluding steroid dienone is 7. The Labute approximate surface area is 273 Å². The lowest BCUT2D eigenvalue weighted by Crippen LogP contribution is -2.25. The SMILES string of the molecule is C=C1c2cc(C(=O)/C=C3/CCCC(C(=O)CCC(C)(C)C(=O)O)/C=C/CC3(C)C)oc2C(C(C)(C)C)=CC1c1ccc(Cl)cc1. The highest BCUT2D eigenvalue weighted by atomic mass is 35.5. The Morgan fingerprint density at radius 3 is 2.40 bits per heavy atom. The zero-order valence-electron chi connectivity index (χ0n) is 27.8. The van der Waals surface area contributed by atoms with E-state index in [9.17, 15) is 19.5 Å². The van der Waals surface area contributed by atoms with Crippen LogP contribution >= 0.6 is 11.6 Å². The van der Waals surface area contributed by atoms with Crippen molar-refractivity contribution in [2.75, 3.05) is 0 Å². The van der Waals surface area contributed by atoms with Gasteiger partial charge in [0.2, 0.25) is 5.78 Å². The van der Waals surface area contributed by atoms with Gasteiger partial charge in [0.25, 0.3) is 0 Å². The van der Waals surface area contributed by atoms with Crippen molar-refractivity contribution in [3.05, 3.63) is 94.5 Å². The summed E-state index contributed by atoms with van der Waals surface area (Å²) in [5.41, 5.74) is 3.42. The number of furan rings is 1. The minimum atomic E-state index is -0.937. The normalized spacial score (nSPS) is 22.1. The second-order valence-electron chi connectivity index (χ2n) is 14.9. The topological polar surface area (TPSA) is 84.6 Å². The van der Waals surface area contributed by atoms with Crippen LogP contribution in [0.3, 0.4) is 0 Å². The molecule has 2 unspecified atom stereocenters. The highest BCUT2D eigenvalue weighted by Crippen LogP contribution is 2.49. The quantitative estimate of drug-likeness (QED) is 0.178. The van der Waals surface area contributed by atoms with Crippen LogP contribution in [-0.4, -0.2) is 22.6 Å². The maximum atomic E-state index is 13.8. The van der Waals surface area contributed by atoms with Crippen LogP contribution in [0.25, 0.3) is 11.1 Å². The monoisotopic (exact) mass is 630 g/mol. The van der Waals surface area contributed by atoms with Gasteiger partial charge in [0.15, 0.2) is 5.76 Å². The van der Waals surface area contributed by atoms with Crippen molar-refractivity contribution >= 4 is 40.3 Å². The molecule has 0 fully saturated rings. The van der Waals surface area contributed by atoms with E-state index in [1.165, 1.54) is 0 Å². The molecular weight excluding hydrogens is 584 g/mol. The Morgan fingerprint density at radius 1 is 1.11 bits per heavy atom. The maximum absolute atomic E-state index is 13.8. The van der Waals surface area contributed by atoms with Crippen molar-refractivity contribution in [1.82, 2.24) is 0 Å². The van der Waals surface area contributed by atoms with E-state index in [0.29, 0.717) is 42.2 Å². The van der Waals surface area contributed by atoms with E-state index in [1.807, 2.05) is 42.5 Å². The van der Waals surface area contributed by atoms with Gasteiger partial charge in [-0.1, -0.05) is 88.7 Å². The number of carboxylic acid groups (broad SMARTS) is 1. The van der Waals surface area contributed by atoms with Gasteiger partial charge in [-0.25, -0.2) is 0 Å². The summed E-state index contributed by atoms with van der Waals surface area (Å²) in [4.78, 5) is 38.4. The molecule has 1 aromatic heterocycles. The van der Waals surface area contributed by atoms with Crippen molar-refractivity contribution in [1.29, 1.82) is 0 Å². The van der Waals surface area contributed by atoms with Crippen molar-refractivity contribution < 1.29 is 23.9 Å². The molecule has 2 aliphatic carbocycles. The summed E-state index contributed by atoms with van der Waals surface area (Å²) in [5.74, 6) is -0.320. The van der Waals surface area contributed by atoms with Crippen molar-refractivity contribution in [3.63, 3.8) is 0 Å². The Morgan fingerprint density at radius 2 is 1.78 bits per heavy atom. The molecule has 1 aromatic carbocycles. The van der Waals surface area contributed by atoms with Crippen LogP contribution in [0, 0.1) is 22.2 Å². The number of hydrogen-bond acceptors (Lipinski definition) is 4. The number of rotatable bonds is 8. The number of carbonyl (C=O) groups excluding carboxylic acids is 2. The molecule has 2 atom stereocenters. The van der Waals surface area contributed by atoms with Crippen LogP contribution in [0.2, 0.25) is 5.02 Å². The molecule has 0 spiro atoms. The van der Waals surface area contributed by atoms with Crippen LogP contribution < -0.4 is 0 Å². The Bertz CT molecular complexity index is 1570. The van der Waals surface area contributed by atoms with Crippen molar-refractivity contribution in [3.8, 4) is 0 Å². The molecule has 2 aromatic rings. The van der Waals surface area contributed by atoms with E-state index >= 15 is 0 Å². The first-order valence-corrected chi connectivity index (χ1v) is 16.3. The Kier molecular flexibility index (Phi) is 10.0. The number of halogens is 1. The molecule has 1 N–H and O–H groups in total. The number of carbonyl (C=O) groups is 3. The molecule has 1 heterocycles. The summed E-state index contributed by atoms with van der Waals surface area (Å²) < 4.78 is 6.35. The molecule has 4 rings (SSSR count). The Hall–Kier alpha value is -3.44. The molecule has 6 heteroatoms. The van der Waals surface area contributed by atoms with Crippen LogP contribution in [0.4, 0.5) is 0 Å². The molecule has 0 radical (unpaired) electrons. The van der Waals surface area contributed by atoms with E-state index in [-0.39, 0.29) is 40.7 Å². The fourth-order valence-electron chi connectivity index (χ4n) is 6.12. The van der Waals surface area contributed by atoms with Crippen molar-refractivity contribution in [2.24, 2.45) is 22.2 Å². The lowest BCUT2D eigenvalue weighted by Gasteiger charge is -2.30. The van der Waals surface area contributed by atoms with Gasteiger partial charge >= 0.3 is 5.97 Å². The molecule has 0 saturated heterocycles. The van der Waals surface area contributed by atoms with Crippen LogP contribution in [0.1, 0.15) is 120 Å². The first-order chi connectivity index (χ1) is 20.9. The zero-order chi connectivity index (χ0) is 33.3. The molecule has 5 nitrogen and oxygen atoms in total. The average Bonchev–Trinajstić information content (AvgIpc) is 3.42. The van der Waals surface area contributed by atoms with Crippen LogP contribution in [-0.2, 0) is 9.59 Å². The van der Waals surface area contributed by atoms with E-state index in [2.05, 4.69) is 47.3 Å². The number of aliphatic carboxylic acids is 1. The second-order valence-corrected chi connectivity index (χ2v) is 15.4. The van der Waals surface area contributed by atoms with Gasteiger partial charge in [-0.2, -0.15) is 0 Å². The summed E-state index contributed by atoms with van der Waals surface area (Å²) in [6.45, 7) is 18.4. The molecule has 2 aliphatic rings. The van der Waals surface area contributed by atoms with E-state index in [0.717, 1.165) is 34.3 Å². The summed E-state index contributed by atoms with van der Waals surface area (Å²) in [7, 11) is 0. The number of Topliss-reactive ketones (excluding diaryl/α,β-unsaturated/α-hetero) is 1. The third-order valence-corrected chi connectivity index (χ3v) is 9.68. The minimum absolute atomic E-state index is 0.0613. The number of ketones is 2. The predicted octanol–water partition coefficient (Wildman–Crippen LogP) is 10.5. The number of carboxylic acids is 1. The molecule has 45 heavy (non-hydrogen) atoms. The van der Waals surface area contributed by atoms with Crippen molar-refractivity contribution in [2.45, 2.75) is 92.9 Å². The van der Waals surface area contributed by atoms with Gasteiger partial charge in [-0.15, -0.1) is 0 Å². The first-order valence-electron chi connectivity index (χ1n) is 15.9. The van der Waals surface area contributed by atoms with E-state index in [1.54, 1.807) is 19.9 Å². The number of fused-ring (bicyclic) bond motifs is 1. The minimum Gasteiger partial charge on any atom is -0.481 e. The maximum Gasteiger partial charge on any atom is 0.309 e. The lowest BCUT2D eigenvalue weighted by molar-refractivity contribution is -0.147. The van der Waals surface area contributed by atoms with Gasteiger partial charge < -0.3 is 9.52 Å². The fraction of sp³-hybridized carbons (Fsp3) is 0.462. The largest absolute Gasteiger partial charge is 0.481 e. The molecule has 0 aliphatic heterocycles. The van der Waals surface area contributed by atoms with E-state index in [4.69, 9.17) is 16.0 Å².